The molecule has 4 heterocycles. The van der Waals surface area contributed by atoms with Crippen LogP contribution in [0.4, 0.5) is 0 Å². The molecular weight excluding hydrogens is 372 g/mol. The number of rotatable bonds is 2. The van der Waals surface area contributed by atoms with E-state index in [1.54, 1.807) is 29.2 Å². The first-order chi connectivity index (χ1) is 14.0. The Hall–Kier alpha value is -2.90. The van der Waals surface area contributed by atoms with Crippen LogP contribution < -0.4 is 11.2 Å². The van der Waals surface area contributed by atoms with Crippen LogP contribution in [0.2, 0.25) is 0 Å². The Morgan fingerprint density at radius 3 is 2.79 bits per heavy atom. The Morgan fingerprint density at radius 2 is 1.93 bits per heavy atom. The molecule has 3 atom stereocenters. The number of amides is 2. The molecule has 2 aromatic rings. The monoisotopic (exact) mass is 396 g/mol. The van der Waals surface area contributed by atoms with E-state index in [9.17, 15) is 19.2 Å². The van der Waals surface area contributed by atoms with Gasteiger partial charge in [-0.15, -0.1) is 0 Å². The number of carbonyl (C=O) groups is 2. The van der Waals surface area contributed by atoms with Crippen molar-refractivity contribution >= 4 is 22.7 Å². The SMILES string of the molecule is O=C(Cn1c(=O)[nH]c2ccccc2c1=O)N1C[C@H]2C[C@@H](C1)C1CCCC(=O)N1C2. The van der Waals surface area contributed by atoms with Crippen molar-refractivity contribution in [3.63, 3.8) is 0 Å². The number of likely N-dealkylation sites (tertiary alicyclic amines) is 1. The minimum atomic E-state index is -0.566. The molecule has 1 unspecified atom stereocenters. The van der Waals surface area contributed by atoms with Crippen LogP contribution in [0.3, 0.4) is 0 Å². The molecule has 0 spiro atoms. The predicted octanol–water partition coefficient (Wildman–Crippen LogP) is 0.549. The fourth-order valence-corrected chi connectivity index (χ4v) is 5.39. The van der Waals surface area contributed by atoms with Crippen LogP contribution >= 0.6 is 0 Å². The maximum atomic E-state index is 13.0. The lowest BCUT2D eigenvalue weighted by atomic mass is 9.76. The molecular formula is C21H24N4O4. The summed E-state index contributed by atoms with van der Waals surface area (Å²) in [7, 11) is 0. The second kappa shape index (κ2) is 6.86. The van der Waals surface area contributed by atoms with Gasteiger partial charge in [0.05, 0.1) is 10.9 Å². The van der Waals surface area contributed by atoms with Crippen LogP contribution in [0.5, 0.6) is 0 Å². The summed E-state index contributed by atoms with van der Waals surface area (Å²) in [6.07, 6.45) is 3.58. The van der Waals surface area contributed by atoms with E-state index in [0.29, 0.717) is 37.0 Å². The summed E-state index contributed by atoms with van der Waals surface area (Å²) in [5.41, 5.74) is -0.539. The third-order valence-corrected chi connectivity index (χ3v) is 6.72. The first kappa shape index (κ1) is 18.1. The predicted molar refractivity (Wildman–Crippen MR) is 106 cm³/mol. The third-order valence-electron chi connectivity index (χ3n) is 6.72. The van der Waals surface area contributed by atoms with Gasteiger partial charge in [-0.1, -0.05) is 12.1 Å². The van der Waals surface area contributed by atoms with E-state index >= 15 is 0 Å². The zero-order chi connectivity index (χ0) is 20.1. The second-order valence-corrected chi connectivity index (χ2v) is 8.53. The van der Waals surface area contributed by atoms with E-state index in [2.05, 4.69) is 4.98 Å². The number of nitrogens with zero attached hydrogens (tertiary/aromatic N) is 3. The van der Waals surface area contributed by atoms with Crippen molar-refractivity contribution in [1.82, 2.24) is 19.4 Å². The maximum Gasteiger partial charge on any atom is 0.329 e. The molecule has 8 nitrogen and oxygen atoms in total. The Labute approximate surface area is 167 Å². The van der Waals surface area contributed by atoms with Gasteiger partial charge in [0.15, 0.2) is 0 Å². The number of fused-ring (bicyclic) bond motifs is 5. The van der Waals surface area contributed by atoms with E-state index in [1.807, 2.05) is 4.90 Å². The maximum absolute atomic E-state index is 13.0. The van der Waals surface area contributed by atoms with Gasteiger partial charge >= 0.3 is 5.69 Å². The number of hydrogen-bond acceptors (Lipinski definition) is 4. The molecule has 1 aromatic carbocycles. The van der Waals surface area contributed by atoms with Crippen molar-refractivity contribution in [3.05, 3.63) is 45.1 Å². The molecule has 1 aromatic heterocycles. The number of benzene rings is 1. The quantitative estimate of drug-likeness (QED) is 0.802. The minimum absolute atomic E-state index is 0.210. The topological polar surface area (TPSA) is 95.5 Å². The van der Waals surface area contributed by atoms with Crippen molar-refractivity contribution in [2.45, 2.75) is 38.3 Å². The molecule has 29 heavy (non-hydrogen) atoms. The molecule has 0 aliphatic carbocycles. The molecule has 2 bridgehead atoms. The van der Waals surface area contributed by atoms with E-state index in [4.69, 9.17) is 0 Å². The van der Waals surface area contributed by atoms with Crippen molar-refractivity contribution < 1.29 is 9.59 Å². The smallest absolute Gasteiger partial charge is 0.329 e. The number of H-pyrrole nitrogens is 1. The number of aromatic amines is 1. The van der Waals surface area contributed by atoms with Gasteiger partial charge in [-0.3, -0.25) is 19.0 Å². The van der Waals surface area contributed by atoms with Crippen LogP contribution in [0, 0.1) is 11.8 Å². The average molecular weight is 396 g/mol. The molecule has 3 aliphatic heterocycles. The highest BCUT2D eigenvalue weighted by molar-refractivity contribution is 5.79. The lowest BCUT2D eigenvalue weighted by molar-refractivity contribution is -0.149. The van der Waals surface area contributed by atoms with E-state index in [-0.39, 0.29) is 36.2 Å². The van der Waals surface area contributed by atoms with Crippen molar-refractivity contribution in [1.29, 1.82) is 0 Å². The van der Waals surface area contributed by atoms with Gasteiger partial charge in [0.2, 0.25) is 11.8 Å². The highest BCUT2D eigenvalue weighted by Crippen LogP contribution is 2.37. The van der Waals surface area contributed by atoms with Crippen molar-refractivity contribution in [2.24, 2.45) is 11.8 Å². The normalized spacial score (nSPS) is 26.5. The van der Waals surface area contributed by atoms with E-state index < -0.39 is 11.2 Å². The summed E-state index contributed by atoms with van der Waals surface area (Å²) in [4.78, 5) is 56.9. The van der Waals surface area contributed by atoms with Gasteiger partial charge in [-0.25, -0.2) is 4.79 Å². The van der Waals surface area contributed by atoms with Gasteiger partial charge in [0.1, 0.15) is 6.54 Å². The highest BCUT2D eigenvalue weighted by Gasteiger charge is 2.44. The standard InChI is InChI=1S/C21H24N4O4/c26-18-7-3-6-17-14-8-13(10-24(17)18)9-23(11-14)19(27)12-25-20(28)15-4-1-2-5-16(15)22-21(25)29/h1-2,4-5,13-14,17H,3,6-12H2,(H,22,29)/t13-,14+,17?/m1/s1. The summed E-state index contributed by atoms with van der Waals surface area (Å²) < 4.78 is 0.992. The molecule has 8 heteroatoms. The van der Waals surface area contributed by atoms with E-state index in [0.717, 1.165) is 23.8 Å². The van der Waals surface area contributed by atoms with Crippen molar-refractivity contribution in [3.8, 4) is 0 Å². The number of hydrogen-bond donors (Lipinski definition) is 1. The number of aromatic nitrogens is 2. The molecule has 1 N–H and O–H groups in total. The van der Waals surface area contributed by atoms with Crippen LogP contribution in [-0.2, 0) is 16.1 Å². The average Bonchev–Trinajstić information content (AvgIpc) is 2.71. The van der Waals surface area contributed by atoms with Crippen LogP contribution in [0.1, 0.15) is 25.7 Å². The van der Waals surface area contributed by atoms with Crippen molar-refractivity contribution in [2.75, 3.05) is 19.6 Å². The zero-order valence-electron chi connectivity index (χ0n) is 16.2. The van der Waals surface area contributed by atoms with Gasteiger partial charge in [0.25, 0.3) is 5.56 Å². The first-order valence-electron chi connectivity index (χ1n) is 10.3. The molecule has 3 saturated heterocycles. The Kier molecular flexibility index (Phi) is 4.29. The van der Waals surface area contributed by atoms with Gasteiger partial charge in [-0.05, 0) is 43.2 Å². The number of piperidine rings is 3. The van der Waals surface area contributed by atoms with Crippen LogP contribution in [-0.4, -0.2) is 56.8 Å². The summed E-state index contributed by atoms with van der Waals surface area (Å²) in [5, 5.41) is 0.395. The summed E-state index contributed by atoms with van der Waals surface area (Å²) in [5.74, 6) is 0.577. The molecule has 152 valence electrons. The Bertz CT molecular complexity index is 1100. The lowest BCUT2D eigenvalue weighted by Gasteiger charge is -2.52. The Morgan fingerprint density at radius 1 is 1.10 bits per heavy atom. The molecule has 5 rings (SSSR count). The molecule has 3 fully saturated rings. The number of para-hydroxylation sites is 1. The summed E-state index contributed by atoms with van der Waals surface area (Å²) in [6.45, 7) is 1.61. The molecule has 3 aliphatic rings. The molecule has 0 saturated carbocycles. The van der Waals surface area contributed by atoms with Gasteiger partial charge < -0.3 is 14.8 Å². The van der Waals surface area contributed by atoms with Crippen LogP contribution in [0.25, 0.3) is 10.9 Å². The number of nitrogens with one attached hydrogen (secondary N) is 1. The van der Waals surface area contributed by atoms with Gasteiger partial charge in [-0.2, -0.15) is 0 Å². The highest BCUT2D eigenvalue weighted by atomic mass is 16.2. The van der Waals surface area contributed by atoms with Gasteiger partial charge in [0, 0.05) is 32.1 Å². The molecule has 2 amide bonds. The van der Waals surface area contributed by atoms with Crippen LogP contribution in [0.15, 0.2) is 33.9 Å². The first-order valence-corrected chi connectivity index (χ1v) is 10.3. The minimum Gasteiger partial charge on any atom is -0.340 e. The fraction of sp³-hybridized carbons (Fsp3) is 0.524. The summed E-state index contributed by atoms with van der Waals surface area (Å²) >= 11 is 0. The number of carbonyl (C=O) groups excluding carboxylic acids is 2. The lowest BCUT2D eigenvalue weighted by Crippen LogP contribution is -2.61. The summed E-state index contributed by atoms with van der Waals surface area (Å²) in [6, 6.07) is 7.02. The molecule has 0 radical (unpaired) electrons. The fourth-order valence-electron chi connectivity index (χ4n) is 5.39. The third kappa shape index (κ3) is 3.07. The second-order valence-electron chi connectivity index (χ2n) is 8.53. The van der Waals surface area contributed by atoms with E-state index in [1.165, 1.54) is 0 Å². The zero-order valence-corrected chi connectivity index (χ0v) is 16.2. The Balaban J connectivity index is 1.37. The largest absolute Gasteiger partial charge is 0.340 e.